The maximum absolute atomic E-state index is 11.1. The van der Waals surface area contributed by atoms with Crippen LogP contribution in [0.3, 0.4) is 0 Å². The van der Waals surface area contributed by atoms with Gasteiger partial charge in [0.15, 0.2) is 0 Å². The van der Waals surface area contributed by atoms with Crippen molar-refractivity contribution < 1.29 is 31.0 Å². The van der Waals surface area contributed by atoms with E-state index in [1.54, 1.807) is 0 Å². The standard InChI is InChI=1S/C10H9NO7S2/c11-8-4-7(20(15,16)17)2-5-1-6(18-19(13)14)3-9(12)10(5)8/h1-4,12H,11H2,(H,13,14)(H,15,16,17). The molecule has 0 saturated carbocycles. The Kier molecular flexibility index (Phi) is 3.56. The molecule has 0 amide bonds. The number of rotatable bonds is 3. The second-order valence-electron chi connectivity index (χ2n) is 3.83. The van der Waals surface area contributed by atoms with Crippen LogP contribution in [-0.4, -0.2) is 26.8 Å². The van der Waals surface area contributed by atoms with Gasteiger partial charge in [-0.05, 0) is 23.6 Å². The lowest BCUT2D eigenvalue weighted by molar-refractivity contribution is 0.451. The summed E-state index contributed by atoms with van der Waals surface area (Å²) in [4.78, 5) is -0.468. The molecule has 2 rings (SSSR count). The Morgan fingerprint density at radius 3 is 2.40 bits per heavy atom. The quantitative estimate of drug-likeness (QED) is 0.370. The average molecular weight is 319 g/mol. The number of phenolic OH excluding ortho intramolecular Hbond substituents is 1. The highest BCUT2D eigenvalue weighted by molar-refractivity contribution is 7.85. The first kappa shape index (κ1) is 14.5. The van der Waals surface area contributed by atoms with Crippen LogP contribution in [-0.2, 0) is 21.5 Å². The van der Waals surface area contributed by atoms with Crippen LogP contribution in [0, 0.1) is 0 Å². The van der Waals surface area contributed by atoms with Crippen LogP contribution < -0.4 is 9.92 Å². The van der Waals surface area contributed by atoms with Crippen molar-refractivity contribution in [3.8, 4) is 11.5 Å². The first-order valence-electron chi connectivity index (χ1n) is 5.01. The maximum Gasteiger partial charge on any atom is 0.357 e. The van der Waals surface area contributed by atoms with E-state index in [-0.39, 0.29) is 28.0 Å². The molecule has 0 aliphatic rings. The molecular formula is C10H9NO7S2. The van der Waals surface area contributed by atoms with Crippen LogP contribution in [0.5, 0.6) is 11.5 Å². The Balaban J connectivity index is 2.76. The van der Waals surface area contributed by atoms with Gasteiger partial charge in [-0.25, -0.2) is 0 Å². The van der Waals surface area contributed by atoms with Gasteiger partial charge >= 0.3 is 11.4 Å². The topological polar surface area (TPSA) is 147 Å². The van der Waals surface area contributed by atoms with Crippen LogP contribution in [0.15, 0.2) is 29.2 Å². The third kappa shape index (κ3) is 2.82. The number of phenols is 1. The van der Waals surface area contributed by atoms with Gasteiger partial charge in [-0.3, -0.25) is 9.11 Å². The Hall–Kier alpha value is -1.88. The van der Waals surface area contributed by atoms with Gasteiger partial charge in [-0.2, -0.15) is 12.6 Å². The van der Waals surface area contributed by atoms with Gasteiger partial charge in [-0.15, -0.1) is 0 Å². The Morgan fingerprint density at radius 1 is 1.20 bits per heavy atom. The summed E-state index contributed by atoms with van der Waals surface area (Å²) in [5.41, 5.74) is 5.54. The van der Waals surface area contributed by atoms with E-state index in [9.17, 15) is 17.7 Å². The predicted octanol–water partition coefficient (Wildman–Crippen LogP) is 0.890. The van der Waals surface area contributed by atoms with Crippen LogP contribution in [0.4, 0.5) is 5.69 Å². The van der Waals surface area contributed by atoms with E-state index in [1.807, 2.05) is 0 Å². The van der Waals surface area contributed by atoms with E-state index in [1.165, 1.54) is 6.07 Å². The number of anilines is 1. The molecule has 0 heterocycles. The second-order valence-corrected chi connectivity index (χ2v) is 5.85. The van der Waals surface area contributed by atoms with Crippen molar-refractivity contribution in [3.63, 3.8) is 0 Å². The predicted molar refractivity (Wildman–Crippen MR) is 71.2 cm³/mol. The molecule has 0 fully saturated rings. The molecule has 0 bridgehead atoms. The lowest BCUT2D eigenvalue weighted by atomic mass is 10.1. The van der Waals surface area contributed by atoms with Crippen molar-refractivity contribution >= 4 is 37.9 Å². The molecule has 2 aromatic carbocycles. The third-order valence-corrected chi connectivity index (χ3v) is 3.64. The van der Waals surface area contributed by atoms with Crippen molar-refractivity contribution in [2.24, 2.45) is 0 Å². The fraction of sp³-hybridized carbons (Fsp3) is 0. The molecule has 0 aromatic heterocycles. The SMILES string of the molecule is Nc1cc(S(=O)(=O)O)cc2cc(OS(=O)O)cc(O)c12. The molecule has 108 valence electrons. The largest absolute Gasteiger partial charge is 0.507 e. The number of hydrogen-bond donors (Lipinski definition) is 4. The van der Waals surface area contributed by atoms with E-state index in [2.05, 4.69) is 4.18 Å². The number of benzene rings is 2. The van der Waals surface area contributed by atoms with Crippen LogP contribution >= 0.6 is 0 Å². The van der Waals surface area contributed by atoms with Crippen molar-refractivity contribution in [3.05, 3.63) is 24.3 Å². The molecule has 2 aromatic rings. The highest BCUT2D eigenvalue weighted by Crippen LogP contribution is 2.36. The van der Waals surface area contributed by atoms with Gasteiger partial charge in [0.25, 0.3) is 10.1 Å². The normalized spacial score (nSPS) is 13.3. The number of fused-ring (bicyclic) bond motifs is 1. The molecule has 0 saturated heterocycles. The number of aromatic hydroxyl groups is 1. The maximum atomic E-state index is 11.1. The molecule has 0 aliphatic carbocycles. The minimum Gasteiger partial charge on any atom is -0.507 e. The van der Waals surface area contributed by atoms with Gasteiger partial charge in [0.2, 0.25) is 0 Å². The van der Waals surface area contributed by atoms with E-state index < -0.39 is 26.4 Å². The smallest absolute Gasteiger partial charge is 0.357 e. The van der Waals surface area contributed by atoms with E-state index >= 15 is 0 Å². The highest BCUT2D eigenvalue weighted by atomic mass is 32.2. The molecule has 0 spiro atoms. The van der Waals surface area contributed by atoms with Crippen LogP contribution in [0.2, 0.25) is 0 Å². The van der Waals surface area contributed by atoms with Crippen molar-refractivity contribution in [2.75, 3.05) is 5.73 Å². The Bertz CT molecular complexity index is 816. The third-order valence-electron chi connectivity index (χ3n) is 2.47. The van der Waals surface area contributed by atoms with Crippen LogP contribution in [0.25, 0.3) is 10.8 Å². The Morgan fingerprint density at radius 2 is 1.85 bits per heavy atom. The summed E-state index contributed by atoms with van der Waals surface area (Å²) in [6, 6.07) is 4.30. The van der Waals surface area contributed by atoms with Crippen molar-refractivity contribution in [2.45, 2.75) is 4.90 Å². The first-order valence-corrected chi connectivity index (χ1v) is 7.48. The Labute approximate surface area is 116 Å². The van der Waals surface area contributed by atoms with Crippen molar-refractivity contribution in [1.29, 1.82) is 0 Å². The molecule has 1 unspecified atom stereocenters. The first-order chi connectivity index (χ1) is 9.18. The van der Waals surface area contributed by atoms with Gasteiger partial charge in [0.05, 0.1) is 4.90 Å². The van der Waals surface area contributed by atoms with Gasteiger partial charge < -0.3 is 15.0 Å². The zero-order chi connectivity index (χ0) is 15.1. The van der Waals surface area contributed by atoms with Crippen LogP contribution in [0.1, 0.15) is 0 Å². The molecule has 5 N–H and O–H groups in total. The minimum atomic E-state index is -4.48. The molecule has 1 atom stereocenters. The summed E-state index contributed by atoms with van der Waals surface area (Å²) < 4.78 is 54.8. The zero-order valence-corrected chi connectivity index (χ0v) is 11.3. The van der Waals surface area contributed by atoms with Gasteiger partial charge in [0, 0.05) is 17.1 Å². The summed E-state index contributed by atoms with van der Waals surface area (Å²) in [7, 11) is -4.48. The molecule has 10 heteroatoms. The molecule has 8 nitrogen and oxygen atoms in total. The number of nitrogens with two attached hydrogens (primary N) is 1. The minimum absolute atomic E-state index is 0.0794. The number of hydrogen-bond acceptors (Lipinski definition) is 6. The van der Waals surface area contributed by atoms with E-state index in [0.717, 1.165) is 18.2 Å². The molecule has 0 aliphatic heterocycles. The summed E-state index contributed by atoms with van der Waals surface area (Å²) in [6.45, 7) is 0. The zero-order valence-electron chi connectivity index (χ0n) is 9.68. The summed E-state index contributed by atoms with van der Waals surface area (Å²) >= 11 is -2.61. The average Bonchev–Trinajstić information content (AvgIpc) is 2.25. The fourth-order valence-corrected chi connectivity index (χ4v) is 2.56. The summed E-state index contributed by atoms with van der Waals surface area (Å²) in [5.74, 6) is -0.523. The highest BCUT2D eigenvalue weighted by Gasteiger charge is 2.15. The second kappa shape index (κ2) is 4.90. The lowest BCUT2D eigenvalue weighted by Gasteiger charge is -2.09. The van der Waals surface area contributed by atoms with E-state index in [0.29, 0.717) is 0 Å². The molecule has 20 heavy (non-hydrogen) atoms. The summed E-state index contributed by atoms with van der Waals surface area (Å²) in [5, 5.41) is 10.0. The molecule has 0 radical (unpaired) electrons. The van der Waals surface area contributed by atoms with Gasteiger partial charge in [-0.1, -0.05) is 0 Å². The van der Waals surface area contributed by atoms with Gasteiger partial charge in [0.1, 0.15) is 11.5 Å². The summed E-state index contributed by atoms with van der Waals surface area (Å²) in [6.07, 6.45) is 0. The monoisotopic (exact) mass is 319 g/mol. The van der Waals surface area contributed by atoms with Crippen molar-refractivity contribution in [1.82, 2.24) is 0 Å². The van der Waals surface area contributed by atoms with E-state index in [4.69, 9.17) is 14.8 Å². The lowest BCUT2D eigenvalue weighted by Crippen LogP contribution is -2.01. The molecular weight excluding hydrogens is 310 g/mol. The fourth-order valence-electron chi connectivity index (χ4n) is 1.75. The number of nitrogen functional groups attached to an aromatic ring is 1.